The summed E-state index contributed by atoms with van der Waals surface area (Å²) in [6.45, 7) is 1.65. The van der Waals surface area contributed by atoms with Gasteiger partial charge in [0.15, 0.2) is 0 Å². The highest BCUT2D eigenvalue weighted by Crippen LogP contribution is 2.27. The van der Waals surface area contributed by atoms with Gasteiger partial charge in [-0.1, -0.05) is 12.1 Å². The second-order valence-electron chi connectivity index (χ2n) is 6.92. The molecule has 3 amide bonds. The quantitative estimate of drug-likeness (QED) is 0.883. The van der Waals surface area contributed by atoms with Gasteiger partial charge in [-0.15, -0.1) is 0 Å². The molecule has 3 fully saturated rings. The molecule has 2 atom stereocenters. The zero-order valence-electron chi connectivity index (χ0n) is 14.3. The molecule has 25 heavy (non-hydrogen) atoms. The molecule has 2 heterocycles. The van der Waals surface area contributed by atoms with Crippen molar-refractivity contribution in [1.29, 1.82) is 0 Å². The van der Waals surface area contributed by atoms with Crippen molar-refractivity contribution in [3.05, 3.63) is 29.8 Å². The molecule has 4 rings (SSSR count). The Morgan fingerprint density at radius 2 is 2.04 bits per heavy atom. The van der Waals surface area contributed by atoms with Gasteiger partial charge in [0.05, 0.1) is 25.8 Å². The fourth-order valence-corrected chi connectivity index (χ4v) is 3.46. The number of carbonyl (C=O) groups is 2. The monoisotopic (exact) mass is 345 g/mol. The number of amides is 3. The van der Waals surface area contributed by atoms with Crippen LogP contribution in [-0.4, -0.2) is 66.7 Å². The van der Waals surface area contributed by atoms with Crippen LogP contribution in [0.2, 0.25) is 0 Å². The van der Waals surface area contributed by atoms with Crippen molar-refractivity contribution in [1.82, 2.24) is 15.1 Å². The lowest BCUT2D eigenvalue weighted by Crippen LogP contribution is -2.53. The number of methoxy groups -OCH3 is 1. The fraction of sp³-hybridized carbons (Fsp3) is 0.556. The summed E-state index contributed by atoms with van der Waals surface area (Å²) < 4.78 is 10.9. The Balaban J connectivity index is 1.44. The van der Waals surface area contributed by atoms with Gasteiger partial charge in [-0.25, -0.2) is 4.79 Å². The SMILES string of the molecule is COc1ccc(CN2C(=O)CO[C@@H]3CN(C(=O)NC4CC4)C[C@H]32)cc1. The van der Waals surface area contributed by atoms with Crippen LogP contribution in [0.5, 0.6) is 5.75 Å². The van der Waals surface area contributed by atoms with Crippen LogP contribution in [0.1, 0.15) is 18.4 Å². The van der Waals surface area contributed by atoms with Crippen LogP contribution >= 0.6 is 0 Å². The lowest BCUT2D eigenvalue weighted by molar-refractivity contribution is -0.153. The van der Waals surface area contributed by atoms with Crippen molar-refractivity contribution in [3.8, 4) is 5.75 Å². The number of likely N-dealkylation sites (tertiary alicyclic amines) is 1. The molecule has 134 valence electrons. The topological polar surface area (TPSA) is 71.1 Å². The number of benzene rings is 1. The second kappa shape index (κ2) is 6.55. The van der Waals surface area contributed by atoms with Crippen LogP contribution in [-0.2, 0) is 16.1 Å². The van der Waals surface area contributed by atoms with Gasteiger partial charge in [0.1, 0.15) is 12.4 Å². The predicted octanol–water partition coefficient (Wildman–Crippen LogP) is 0.979. The average Bonchev–Trinajstić information content (AvgIpc) is 3.33. The number of urea groups is 1. The number of fused-ring (bicyclic) bond motifs is 1. The summed E-state index contributed by atoms with van der Waals surface area (Å²) in [5.74, 6) is 0.764. The number of morpholine rings is 1. The first-order valence-electron chi connectivity index (χ1n) is 8.73. The van der Waals surface area contributed by atoms with Crippen LogP contribution < -0.4 is 10.1 Å². The standard InChI is InChI=1S/C18H23N3O4/c1-24-14-6-2-12(3-7-14)8-21-15-9-20(18(23)19-13-4-5-13)10-16(15)25-11-17(21)22/h2-3,6-7,13,15-16H,4-5,8-11H2,1H3,(H,19,23)/t15-,16-/m1/s1. The van der Waals surface area contributed by atoms with Crippen molar-refractivity contribution in [2.45, 2.75) is 37.6 Å². The molecule has 3 aliphatic rings. The summed E-state index contributed by atoms with van der Waals surface area (Å²) in [4.78, 5) is 28.3. The normalized spacial score (nSPS) is 25.7. The number of nitrogens with one attached hydrogen (secondary N) is 1. The number of hydrogen-bond donors (Lipinski definition) is 1. The minimum absolute atomic E-state index is 0.0264. The van der Waals surface area contributed by atoms with E-state index in [0.717, 1.165) is 24.2 Å². The third-order valence-electron chi connectivity index (χ3n) is 5.08. The van der Waals surface area contributed by atoms with Crippen LogP contribution in [0.25, 0.3) is 0 Å². The van der Waals surface area contributed by atoms with Gasteiger partial charge in [-0.2, -0.15) is 0 Å². The highest BCUT2D eigenvalue weighted by molar-refractivity contribution is 5.80. The zero-order valence-corrected chi connectivity index (χ0v) is 14.3. The maximum atomic E-state index is 12.4. The maximum Gasteiger partial charge on any atom is 0.317 e. The first-order valence-corrected chi connectivity index (χ1v) is 8.73. The summed E-state index contributed by atoms with van der Waals surface area (Å²) in [6, 6.07) is 7.90. The van der Waals surface area contributed by atoms with E-state index in [4.69, 9.17) is 9.47 Å². The maximum absolute atomic E-state index is 12.4. The molecule has 2 aliphatic heterocycles. The van der Waals surface area contributed by atoms with Gasteiger partial charge in [0.25, 0.3) is 0 Å². The van der Waals surface area contributed by atoms with Crippen LogP contribution in [0.4, 0.5) is 4.79 Å². The second-order valence-corrected chi connectivity index (χ2v) is 6.92. The van der Waals surface area contributed by atoms with Crippen molar-refractivity contribution in [3.63, 3.8) is 0 Å². The highest BCUT2D eigenvalue weighted by Gasteiger charge is 2.45. The minimum Gasteiger partial charge on any atom is -0.497 e. The lowest BCUT2D eigenvalue weighted by atomic mass is 10.1. The number of nitrogens with zero attached hydrogens (tertiary/aromatic N) is 2. The molecule has 7 heteroatoms. The smallest absolute Gasteiger partial charge is 0.317 e. The summed E-state index contributed by atoms with van der Waals surface area (Å²) in [6.07, 6.45) is 2.01. The van der Waals surface area contributed by atoms with Crippen molar-refractivity contribution >= 4 is 11.9 Å². The number of carbonyl (C=O) groups excluding carboxylic acids is 2. The van der Waals surface area contributed by atoms with E-state index in [9.17, 15) is 9.59 Å². The van der Waals surface area contributed by atoms with Crippen LogP contribution in [0, 0.1) is 0 Å². The van der Waals surface area contributed by atoms with E-state index in [0.29, 0.717) is 25.7 Å². The van der Waals surface area contributed by atoms with E-state index < -0.39 is 0 Å². The lowest BCUT2D eigenvalue weighted by Gasteiger charge is -2.36. The Labute approximate surface area is 146 Å². The first-order chi connectivity index (χ1) is 12.1. The van der Waals surface area contributed by atoms with E-state index in [-0.39, 0.29) is 30.7 Å². The molecule has 0 radical (unpaired) electrons. The molecule has 1 N–H and O–H groups in total. The van der Waals surface area contributed by atoms with Gasteiger partial charge in [0, 0.05) is 19.1 Å². The first kappa shape index (κ1) is 16.2. The molecule has 1 aliphatic carbocycles. The molecule has 7 nitrogen and oxygen atoms in total. The Kier molecular flexibility index (Phi) is 4.25. The number of ether oxygens (including phenoxy) is 2. The van der Waals surface area contributed by atoms with Crippen molar-refractivity contribution < 1.29 is 19.1 Å². The Morgan fingerprint density at radius 3 is 2.72 bits per heavy atom. The Morgan fingerprint density at radius 1 is 1.28 bits per heavy atom. The summed E-state index contributed by atoms with van der Waals surface area (Å²) in [5, 5.41) is 3.01. The third-order valence-corrected chi connectivity index (χ3v) is 5.08. The molecule has 2 saturated heterocycles. The molecule has 0 unspecified atom stereocenters. The van der Waals surface area contributed by atoms with Crippen LogP contribution in [0.3, 0.4) is 0 Å². The van der Waals surface area contributed by atoms with Crippen LogP contribution in [0.15, 0.2) is 24.3 Å². The van der Waals surface area contributed by atoms with Gasteiger partial charge < -0.3 is 24.6 Å². The summed E-state index contributed by atoms with van der Waals surface area (Å²) in [7, 11) is 1.63. The van der Waals surface area contributed by atoms with Gasteiger partial charge in [0.2, 0.25) is 5.91 Å². The molecule has 1 aromatic rings. The molecule has 0 aromatic heterocycles. The Hall–Kier alpha value is -2.28. The number of rotatable bonds is 4. The van der Waals surface area contributed by atoms with E-state index in [1.165, 1.54) is 0 Å². The van der Waals surface area contributed by atoms with E-state index >= 15 is 0 Å². The van der Waals surface area contributed by atoms with Crippen molar-refractivity contribution in [2.75, 3.05) is 26.8 Å². The van der Waals surface area contributed by atoms with Gasteiger partial charge in [-0.05, 0) is 30.5 Å². The highest BCUT2D eigenvalue weighted by atomic mass is 16.5. The largest absolute Gasteiger partial charge is 0.497 e. The summed E-state index contributed by atoms with van der Waals surface area (Å²) in [5.41, 5.74) is 1.04. The van der Waals surface area contributed by atoms with E-state index in [1.54, 1.807) is 12.0 Å². The summed E-state index contributed by atoms with van der Waals surface area (Å²) >= 11 is 0. The average molecular weight is 345 g/mol. The van der Waals surface area contributed by atoms with Crippen molar-refractivity contribution in [2.24, 2.45) is 0 Å². The molecule has 0 bridgehead atoms. The number of hydrogen-bond acceptors (Lipinski definition) is 4. The van der Waals surface area contributed by atoms with Gasteiger partial charge >= 0.3 is 6.03 Å². The molecule has 1 saturated carbocycles. The van der Waals surface area contributed by atoms with E-state index in [1.807, 2.05) is 29.2 Å². The molecule has 0 spiro atoms. The molecular formula is C18H23N3O4. The molecular weight excluding hydrogens is 322 g/mol. The van der Waals surface area contributed by atoms with Gasteiger partial charge in [-0.3, -0.25) is 4.79 Å². The van der Waals surface area contributed by atoms with E-state index in [2.05, 4.69) is 5.32 Å². The Bertz CT molecular complexity index is 659. The predicted molar refractivity (Wildman–Crippen MR) is 90.2 cm³/mol. The fourth-order valence-electron chi connectivity index (χ4n) is 3.46. The minimum atomic E-state index is -0.110. The third kappa shape index (κ3) is 3.42. The molecule has 1 aromatic carbocycles. The zero-order chi connectivity index (χ0) is 17.4.